The molecule has 0 unspecified atom stereocenters. The number of carbonyl (C=O) groups excluding carboxylic acids is 4. The van der Waals surface area contributed by atoms with Gasteiger partial charge in [-0.2, -0.15) is 14.7 Å². The minimum absolute atomic E-state index is 0.00234. The fraction of sp³-hybridized carbons (Fsp3) is 0.632. The Kier molecular flexibility index (Phi) is 16.4. The molecule has 16 heteroatoms. The van der Waals surface area contributed by atoms with Crippen molar-refractivity contribution < 1.29 is 48.6 Å². The van der Waals surface area contributed by atoms with E-state index < -0.39 is 43.5 Å². The van der Waals surface area contributed by atoms with E-state index >= 15 is 0 Å². The van der Waals surface area contributed by atoms with Gasteiger partial charge in [0.05, 0.1) is 12.4 Å². The summed E-state index contributed by atoms with van der Waals surface area (Å²) >= 11 is 0. The summed E-state index contributed by atoms with van der Waals surface area (Å²) in [6.07, 6.45) is 3.51. The Morgan fingerprint density at radius 3 is 2.29 bits per heavy atom. The largest absolute Gasteiger partial charge is 0.481 e. The Labute approximate surface area is 199 Å². The lowest BCUT2D eigenvalue weighted by Crippen LogP contribution is -2.48. The third-order valence-electron chi connectivity index (χ3n) is 4.33. The number of hydroxylamine groups is 2. The molecule has 15 nitrogen and oxygen atoms in total. The van der Waals surface area contributed by atoms with E-state index in [9.17, 15) is 28.8 Å². The molecule has 0 aliphatic carbocycles. The van der Waals surface area contributed by atoms with Crippen LogP contribution in [-0.2, 0) is 36.9 Å². The van der Waals surface area contributed by atoms with E-state index in [4.69, 9.17) is 19.8 Å². The quantitative estimate of drug-likeness (QED) is 0.111. The van der Waals surface area contributed by atoms with Crippen LogP contribution < -0.4 is 10.6 Å². The number of amides is 3. The van der Waals surface area contributed by atoms with Gasteiger partial charge in [0, 0.05) is 25.7 Å². The van der Waals surface area contributed by atoms with Crippen molar-refractivity contribution in [2.75, 3.05) is 19.8 Å². The second-order valence-corrected chi connectivity index (χ2v) is 7.06. The Bertz CT molecular complexity index is 845. The SMILES string of the molecule is O=C(O)CC[C@@H](C(=O)O)N(O)C(=O)NCCCCCNC(=O)Cn1cc(CCCF)nn1.O=C=O. The number of rotatable bonds is 16. The maximum Gasteiger partial charge on any atom is 0.373 e. The van der Waals surface area contributed by atoms with Crippen LogP contribution in [0.4, 0.5) is 9.18 Å². The third-order valence-corrected chi connectivity index (χ3v) is 4.33. The summed E-state index contributed by atoms with van der Waals surface area (Å²) in [5, 5.41) is 40.0. The topological polar surface area (TPSA) is 221 Å². The molecule has 0 aromatic carbocycles. The first-order chi connectivity index (χ1) is 16.7. The van der Waals surface area contributed by atoms with Crippen LogP contribution in [0.2, 0.25) is 0 Å². The van der Waals surface area contributed by atoms with Gasteiger partial charge in [-0.15, -0.1) is 5.10 Å². The van der Waals surface area contributed by atoms with E-state index in [1.165, 1.54) is 4.68 Å². The molecule has 0 aliphatic heterocycles. The number of aryl methyl sites for hydroxylation is 1. The van der Waals surface area contributed by atoms with Crippen LogP contribution in [0.1, 0.15) is 44.2 Å². The van der Waals surface area contributed by atoms with Crippen molar-refractivity contribution in [3.63, 3.8) is 0 Å². The van der Waals surface area contributed by atoms with Crippen molar-refractivity contribution in [3.8, 4) is 0 Å². The fourth-order valence-electron chi connectivity index (χ4n) is 2.66. The van der Waals surface area contributed by atoms with Gasteiger partial charge in [0.1, 0.15) is 6.54 Å². The maximum absolute atomic E-state index is 12.1. The molecule has 1 rings (SSSR count). The minimum atomic E-state index is -1.66. The number of unbranched alkanes of at least 4 members (excludes halogenated alkanes) is 2. The van der Waals surface area contributed by atoms with Gasteiger partial charge in [-0.3, -0.25) is 19.2 Å². The summed E-state index contributed by atoms with van der Waals surface area (Å²) in [7, 11) is 0. The van der Waals surface area contributed by atoms with Crippen LogP contribution in [0.25, 0.3) is 0 Å². The summed E-state index contributed by atoms with van der Waals surface area (Å²) in [6, 6.07) is -2.69. The van der Waals surface area contributed by atoms with Gasteiger partial charge < -0.3 is 20.8 Å². The molecule has 0 saturated carbocycles. The minimum Gasteiger partial charge on any atom is -0.481 e. The zero-order valence-corrected chi connectivity index (χ0v) is 18.9. The molecule has 5 N–H and O–H groups in total. The normalized spacial score (nSPS) is 10.8. The van der Waals surface area contributed by atoms with Gasteiger partial charge >= 0.3 is 24.1 Å². The number of nitrogens with zero attached hydrogens (tertiary/aromatic N) is 4. The summed E-state index contributed by atoms with van der Waals surface area (Å²) in [5.74, 6) is -3.00. The van der Waals surface area contributed by atoms with Gasteiger partial charge in [-0.05, 0) is 38.5 Å². The van der Waals surface area contributed by atoms with Gasteiger partial charge in [-0.25, -0.2) is 14.3 Å². The third kappa shape index (κ3) is 14.8. The maximum atomic E-state index is 12.1. The zero-order chi connectivity index (χ0) is 26.6. The number of carboxylic acids is 2. The highest BCUT2D eigenvalue weighted by Crippen LogP contribution is 2.06. The van der Waals surface area contributed by atoms with Crippen LogP contribution in [0, 0.1) is 0 Å². The van der Waals surface area contributed by atoms with Crippen molar-refractivity contribution in [2.45, 2.75) is 57.5 Å². The van der Waals surface area contributed by atoms with E-state index in [0.29, 0.717) is 44.3 Å². The molecule has 1 heterocycles. The van der Waals surface area contributed by atoms with Crippen LogP contribution in [-0.4, -0.2) is 91.3 Å². The smallest absolute Gasteiger partial charge is 0.373 e. The molecule has 0 spiro atoms. The van der Waals surface area contributed by atoms with Crippen LogP contribution in [0.15, 0.2) is 6.20 Å². The standard InChI is InChI=1S/C18H29FN6O7.CO2/c19-8-4-5-13-11-24(23-22-13)12-15(26)20-9-2-1-3-10-21-18(31)25(32)14(17(29)30)6-7-16(27)28;2-1-3/h11,14,32H,1-10,12H2,(H,20,26)(H,21,31)(H,27,28)(H,29,30);/t14-;/m0./s1. The second kappa shape index (κ2) is 18.5. The van der Waals surface area contributed by atoms with E-state index in [1.54, 1.807) is 6.20 Å². The predicted octanol–water partition coefficient (Wildman–Crippen LogP) is -0.398. The van der Waals surface area contributed by atoms with E-state index in [2.05, 4.69) is 20.9 Å². The number of aromatic nitrogens is 3. The summed E-state index contributed by atoms with van der Waals surface area (Å²) in [5.41, 5.74) is 0.621. The lowest BCUT2D eigenvalue weighted by Gasteiger charge is -2.22. The average Bonchev–Trinajstić information content (AvgIpc) is 3.23. The highest BCUT2D eigenvalue weighted by Gasteiger charge is 2.29. The molecule has 1 atom stereocenters. The van der Waals surface area contributed by atoms with E-state index in [1.807, 2.05) is 0 Å². The number of nitrogens with one attached hydrogen (secondary N) is 2. The Morgan fingerprint density at radius 2 is 1.71 bits per heavy atom. The molecule has 0 bridgehead atoms. The average molecular weight is 504 g/mol. The lowest BCUT2D eigenvalue weighted by atomic mass is 10.1. The molecule has 0 radical (unpaired) electrons. The van der Waals surface area contributed by atoms with E-state index in [-0.39, 0.29) is 30.2 Å². The molecule has 35 heavy (non-hydrogen) atoms. The molecule has 3 amide bonds. The number of urea groups is 1. The molecule has 1 aromatic heterocycles. The van der Waals surface area contributed by atoms with Crippen molar-refractivity contribution in [3.05, 3.63) is 11.9 Å². The molecule has 1 aromatic rings. The number of hydrogen-bond donors (Lipinski definition) is 5. The van der Waals surface area contributed by atoms with Crippen LogP contribution >= 0.6 is 0 Å². The first-order valence-corrected chi connectivity index (χ1v) is 10.6. The predicted molar refractivity (Wildman–Crippen MR) is 112 cm³/mol. The first-order valence-electron chi connectivity index (χ1n) is 10.6. The Hall–Kier alpha value is -3.91. The number of hydrogen-bond acceptors (Lipinski definition) is 9. The monoisotopic (exact) mass is 504 g/mol. The number of aliphatic carboxylic acids is 2. The summed E-state index contributed by atoms with van der Waals surface area (Å²) < 4.78 is 13.5. The molecule has 0 aliphatic rings. The van der Waals surface area contributed by atoms with Gasteiger partial charge in [-0.1, -0.05) is 5.21 Å². The highest BCUT2D eigenvalue weighted by atomic mass is 19.1. The molecular weight excluding hydrogens is 475 g/mol. The van der Waals surface area contributed by atoms with Crippen molar-refractivity contribution in [1.82, 2.24) is 30.7 Å². The summed E-state index contributed by atoms with van der Waals surface area (Å²) in [4.78, 5) is 61.6. The Morgan fingerprint density at radius 1 is 1.09 bits per heavy atom. The van der Waals surface area contributed by atoms with Gasteiger partial charge in [0.25, 0.3) is 0 Å². The first kappa shape index (κ1) is 31.1. The number of halogens is 1. The summed E-state index contributed by atoms with van der Waals surface area (Å²) in [6.45, 7) is 0.122. The van der Waals surface area contributed by atoms with Gasteiger partial charge in [0.2, 0.25) is 5.91 Å². The molecule has 0 fully saturated rings. The molecular formula is C19H29FN6O9. The highest BCUT2D eigenvalue weighted by molar-refractivity contribution is 5.82. The second-order valence-electron chi connectivity index (χ2n) is 7.06. The van der Waals surface area contributed by atoms with Crippen LogP contribution in [0.5, 0.6) is 0 Å². The van der Waals surface area contributed by atoms with Crippen molar-refractivity contribution in [2.24, 2.45) is 0 Å². The fourth-order valence-corrected chi connectivity index (χ4v) is 2.66. The van der Waals surface area contributed by atoms with Gasteiger partial charge in [0.15, 0.2) is 6.04 Å². The number of alkyl halides is 1. The van der Waals surface area contributed by atoms with Crippen molar-refractivity contribution in [1.29, 1.82) is 0 Å². The zero-order valence-electron chi connectivity index (χ0n) is 18.9. The van der Waals surface area contributed by atoms with E-state index in [0.717, 1.165) is 0 Å². The number of carbonyl (C=O) groups is 4. The molecule has 0 saturated heterocycles. The molecule has 196 valence electrons. The lowest BCUT2D eigenvalue weighted by molar-refractivity contribution is -0.191. The number of carboxylic acid groups (broad SMARTS) is 2. The van der Waals surface area contributed by atoms with Crippen molar-refractivity contribution >= 4 is 30.0 Å². The Balaban J connectivity index is 0.00000365. The van der Waals surface area contributed by atoms with Crippen LogP contribution in [0.3, 0.4) is 0 Å².